The number of thiazole rings is 1. The van der Waals surface area contributed by atoms with E-state index in [4.69, 9.17) is 14.2 Å². The molecule has 0 saturated carbocycles. The number of fused-ring (bicyclic) bond motifs is 1. The van der Waals surface area contributed by atoms with Crippen LogP contribution in [-0.4, -0.2) is 37.3 Å². The van der Waals surface area contributed by atoms with Gasteiger partial charge in [-0.25, -0.2) is 0 Å². The Morgan fingerprint density at radius 2 is 1.88 bits per heavy atom. The summed E-state index contributed by atoms with van der Waals surface area (Å²) in [5.74, 6) is 0.119. The Morgan fingerprint density at radius 3 is 2.56 bits per heavy atom. The number of unbranched alkanes of at least 4 members (excludes halogenated alkanes) is 1. The molecule has 0 N–H and O–H groups in total. The third-order valence-electron chi connectivity index (χ3n) is 4.99. The molecule has 0 aliphatic heterocycles. The topological polar surface area (TPSA) is 79.1 Å². The van der Waals surface area contributed by atoms with Crippen LogP contribution >= 0.6 is 11.3 Å². The number of benzene rings is 2. The molecule has 0 fully saturated rings. The molecule has 0 radical (unpaired) electrons. The van der Waals surface area contributed by atoms with Crippen molar-refractivity contribution in [2.45, 2.75) is 39.7 Å². The quantitative estimate of drug-likeness (QED) is 0.447. The number of carbonyl (C=O) groups is 2. The van der Waals surface area contributed by atoms with Gasteiger partial charge in [-0.15, -0.1) is 0 Å². The van der Waals surface area contributed by atoms with Gasteiger partial charge < -0.3 is 18.8 Å². The first-order valence-electron chi connectivity index (χ1n) is 10.6. The van der Waals surface area contributed by atoms with Crippen LogP contribution in [0.25, 0.3) is 10.2 Å². The molecule has 0 saturated heterocycles. The average Bonchev–Trinajstić information content (AvgIpc) is 3.13. The molecule has 3 rings (SSSR count). The molecule has 3 aromatic rings. The first kappa shape index (κ1) is 23.5. The van der Waals surface area contributed by atoms with E-state index in [9.17, 15) is 9.59 Å². The van der Waals surface area contributed by atoms with E-state index in [-0.39, 0.29) is 19.1 Å². The first-order chi connectivity index (χ1) is 15.5. The number of amides is 1. The first-order valence-corrected chi connectivity index (χ1v) is 11.4. The lowest BCUT2D eigenvalue weighted by molar-refractivity contribution is -0.143. The number of aromatic nitrogens is 1. The minimum absolute atomic E-state index is 0.0198. The predicted octanol–water partition coefficient (Wildman–Crippen LogP) is 4.37. The van der Waals surface area contributed by atoms with Crippen LogP contribution in [0.2, 0.25) is 0 Å². The minimum Gasteiger partial charge on any atom is -0.497 e. The lowest BCUT2D eigenvalue weighted by Gasteiger charge is -2.08. The summed E-state index contributed by atoms with van der Waals surface area (Å²) in [5, 5.41) is 0. The molecule has 0 aliphatic carbocycles. The third-order valence-corrected chi connectivity index (χ3v) is 6.04. The van der Waals surface area contributed by atoms with Crippen LogP contribution in [0.15, 0.2) is 41.4 Å². The fourth-order valence-electron chi connectivity index (χ4n) is 3.35. The Morgan fingerprint density at radius 1 is 1.06 bits per heavy atom. The van der Waals surface area contributed by atoms with Crippen LogP contribution in [0, 0.1) is 0 Å². The fourth-order valence-corrected chi connectivity index (χ4v) is 4.44. The van der Waals surface area contributed by atoms with Crippen LogP contribution in [0.4, 0.5) is 0 Å². The summed E-state index contributed by atoms with van der Waals surface area (Å²) < 4.78 is 18.4. The fraction of sp³-hybridized carbons (Fsp3) is 0.375. The monoisotopic (exact) mass is 456 g/mol. The molecule has 7 nitrogen and oxygen atoms in total. The van der Waals surface area contributed by atoms with Crippen molar-refractivity contribution in [2.24, 2.45) is 4.99 Å². The zero-order valence-corrected chi connectivity index (χ0v) is 19.7. The molecule has 0 atom stereocenters. The summed E-state index contributed by atoms with van der Waals surface area (Å²) in [7, 11) is 3.04. The van der Waals surface area contributed by atoms with Gasteiger partial charge in [-0.05, 0) is 49.6 Å². The molecule has 0 bridgehead atoms. The second kappa shape index (κ2) is 10.9. The molecule has 170 valence electrons. The number of aryl methyl sites for hydroxylation is 1. The summed E-state index contributed by atoms with van der Waals surface area (Å²) in [4.78, 5) is 30.1. The van der Waals surface area contributed by atoms with Gasteiger partial charge in [0.25, 0.3) is 5.91 Å². The molecule has 1 aromatic heterocycles. The molecule has 2 aromatic carbocycles. The van der Waals surface area contributed by atoms with E-state index in [0.29, 0.717) is 21.9 Å². The van der Waals surface area contributed by atoms with Gasteiger partial charge in [-0.2, -0.15) is 4.99 Å². The smallest absolute Gasteiger partial charge is 0.326 e. The summed E-state index contributed by atoms with van der Waals surface area (Å²) in [6, 6.07) is 11.1. The van der Waals surface area contributed by atoms with Gasteiger partial charge in [0.2, 0.25) is 0 Å². The summed E-state index contributed by atoms with van der Waals surface area (Å²) in [6.45, 7) is 4.19. The van der Waals surface area contributed by atoms with E-state index in [1.54, 1.807) is 36.8 Å². The van der Waals surface area contributed by atoms with Crippen molar-refractivity contribution in [3.63, 3.8) is 0 Å². The molecular weight excluding hydrogens is 428 g/mol. The Bertz CT molecular complexity index is 1180. The van der Waals surface area contributed by atoms with Crippen molar-refractivity contribution in [2.75, 3.05) is 20.8 Å². The maximum atomic E-state index is 13.0. The van der Waals surface area contributed by atoms with Crippen molar-refractivity contribution in [1.82, 2.24) is 4.57 Å². The van der Waals surface area contributed by atoms with Gasteiger partial charge >= 0.3 is 5.97 Å². The number of hydrogen-bond donors (Lipinski definition) is 0. The molecule has 1 heterocycles. The average molecular weight is 457 g/mol. The lowest BCUT2D eigenvalue weighted by Crippen LogP contribution is -2.23. The number of esters is 1. The highest BCUT2D eigenvalue weighted by molar-refractivity contribution is 7.16. The molecule has 8 heteroatoms. The van der Waals surface area contributed by atoms with Crippen molar-refractivity contribution in [1.29, 1.82) is 0 Å². The van der Waals surface area contributed by atoms with E-state index in [2.05, 4.69) is 24.0 Å². The van der Waals surface area contributed by atoms with Gasteiger partial charge in [-0.1, -0.05) is 30.7 Å². The van der Waals surface area contributed by atoms with E-state index in [0.717, 1.165) is 29.5 Å². The highest BCUT2D eigenvalue weighted by Gasteiger charge is 2.16. The lowest BCUT2D eigenvalue weighted by atomic mass is 10.1. The van der Waals surface area contributed by atoms with Crippen molar-refractivity contribution >= 4 is 33.4 Å². The number of carbonyl (C=O) groups excluding carboxylic acids is 2. The molecule has 0 aliphatic rings. The third kappa shape index (κ3) is 5.37. The van der Waals surface area contributed by atoms with Crippen LogP contribution in [-0.2, 0) is 22.5 Å². The molecular formula is C24H28N2O5S. The van der Waals surface area contributed by atoms with Crippen LogP contribution in [0.5, 0.6) is 11.5 Å². The highest BCUT2D eigenvalue weighted by atomic mass is 32.1. The van der Waals surface area contributed by atoms with Gasteiger partial charge in [-0.3, -0.25) is 9.59 Å². The number of rotatable bonds is 9. The normalized spacial score (nSPS) is 11.6. The summed E-state index contributed by atoms with van der Waals surface area (Å²) in [5.41, 5.74) is 2.38. The second-order valence-electron chi connectivity index (χ2n) is 7.16. The minimum atomic E-state index is -0.458. The van der Waals surface area contributed by atoms with Crippen molar-refractivity contribution < 1.29 is 23.8 Å². The summed E-state index contributed by atoms with van der Waals surface area (Å²) in [6.07, 6.45) is 3.20. The Kier molecular flexibility index (Phi) is 8.05. The zero-order valence-electron chi connectivity index (χ0n) is 18.8. The Balaban J connectivity index is 2.09. The van der Waals surface area contributed by atoms with Crippen molar-refractivity contribution in [3.05, 3.63) is 52.3 Å². The second-order valence-corrected chi connectivity index (χ2v) is 8.17. The molecule has 0 unspecified atom stereocenters. The van der Waals surface area contributed by atoms with E-state index < -0.39 is 5.91 Å². The summed E-state index contributed by atoms with van der Waals surface area (Å²) >= 11 is 1.38. The number of ether oxygens (including phenoxy) is 3. The van der Waals surface area contributed by atoms with Crippen LogP contribution in [0.3, 0.4) is 0 Å². The number of hydrogen-bond acceptors (Lipinski definition) is 6. The zero-order chi connectivity index (χ0) is 23.1. The van der Waals surface area contributed by atoms with Gasteiger partial charge in [0, 0.05) is 6.07 Å². The number of nitrogens with zero attached hydrogens (tertiary/aromatic N) is 2. The standard InChI is InChI=1S/C24H28N2O5S/c1-5-7-8-16-9-12-19-21(13-16)32-24(26(19)15-22(27)31-6-2)25-23(28)18-11-10-17(29-3)14-20(18)30-4/h9-14H,5-8,15H2,1-4H3. The van der Waals surface area contributed by atoms with Crippen molar-refractivity contribution in [3.8, 4) is 11.5 Å². The largest absolute Gasteiger partial charge is 0.497 e. The molecule has 0 spiro atoms. The van der Waals surface area contributed by atoms with Gasteiger partial charge in [0.15, 0.2) is 4.80 Å². The van der Waals surface area contributed by atoms with Gasteiger partial charge in [0.1, 0.15) is 18.0 Å². The van der Waals surface area contributed by atoms with Crippen LogP contribution in [0.1, 0.15) is 42.6 Å². The van der Waals surface area contributed by atoms with E-state index in [1.165, 1.54) is 24.0 Å². The number of methoxy groups -OCH3 is 2. The van der Waals surface area contributed by atoms with Crippen LogP contribution < -0.4 is 14.3 Å². The van der Waals surface area contributed by atoms with E-state index in [1.807, 2.05) is 6.07 Å². The predicted molar refractivity (Wildman–Crippen MR) is 124 cm³/mol. The van der Waals surface area contributed by atoms with E-state index >= 15 is 0 Å². The maximum absolute atomic E-state index is 13.0. The molecule has 32 heavy (non-hydrogen) atoms. The Labute approximate surface area is 191 Å². The maximum Gasteiger partial charge on any atom is 0.326 e. The Hall–Kier alpha value is -3.13. The SMILES string of the molecule is CCCCc1ccc2c(c1)sc(=NC(=O)c1ccc(OC)cc1OC)n2CC(=O)OCC. The highest BCUT2D eigenvalue weighted by Crippen LogP contribution is 2.26. The molecule has 1 amide bonds. The van der Waals surface area contributed by atoms with Gasteiger partial charge in [0.05, 0.1) is 36.6 Å².